The van der Waals surface area contributed by atoms with Crippen LogP contribution in [0.15, 0.2) is 30.3 Å². The molecule has 2 rings (SSSR count). The molecule has 0 unspecified atom stereocenters. The Morgan fingerprint density at radius 3 is 2.62 bits per heavy atom. The zero-order chi connectivity index (χ0) is 17.5. The highest BCUT2D eigenvalue weighted by molar-refractivity contribution is 5.81. The van der Waals surface area contributed by atoms with Crippen molar-refractivity contribution < 1.29 is 14.3 Å². The van der Waals surface area contributed by atoms with Gasteiger partial charge in [0.15, 0.2) is 0 Å². The predicted molar refractivity (Wildman–Crippen MR) is 92.2 cm³/mol. The molecule has 0 spiro atoms. The summed E-state index contributed by atoms with van der Waals surface area (Å²) in [5.41, 5.74) is 6.64. The van der Waals surface area contributed by atoms with Gasteiger partial charge in [-0.3, -0.25) is 4.79 Å². The van der Waals surface area contributed by atoms with Crippen molar-refractivity contribution >= 4 is 12.0 Å². The second kappa shape index (κ2) is 8.68. The molecule has 0 heterocycles. The maximum atomic E-state index is 12.1. The van der Waals surface area contributed by atoms with Gasteiger partial charge in [0.25, 0.3) is 0 Å². The summed E-state index contributed by atoms with van der Waals surface area (Å²) in [4.78, 5) is 25.9. The van der Waals surface area contributed by atoms with Gasteiger partial charge in [0.2, 0.25) is 5.91 Å². The van der Waals surface area contributed by atoms with E-state index in [1.807, 2.05) is 30.3 Å². The summed E-state index contributed by atoms with van der Waals surface area (Å²) in [5.74, 6) is -0.105. The number of carbonyl (C=O) groups is 2. The average Bonchev–Trinajstić information content (AvgIpc) is 2.60. The minimum absolute atomic E-state index is 0.0403. The minimum atomic E-state index is -0.539. The molecule has 6 heteroatoms. The van der Waals surface area contributed by atoms with Crippen LogP contribution in [0.4, 0.5) is 4.79 Å². The van der Waals surface area contributed by atoms with E-state index in [1.54, 1.807) is 18.9 Å². The van der Waals surface area contributed by atoms with Crippen LogP contribution >= 0.6 is 0 Å². The molecule has 0 aliphatic heterocycles. The van der Waals surface area contributed by atoms with Gasteiger partial charge in [-0.05, 0) is 25.3 Å². The highest BCUT2D eigenvalue weighted by Gasteiger charge is 2.32. The molecule has 1 saturated carbocycles. The molecule has 6 nitrogen and oxygen atoms in total. The van der Waals surface area contributed by atoms with E-state index in [0.717, 1.165) is 31.2 Å². The Morgan fingerprint density at radius 1 is 1.29 bits per heavy atom. The lowest BCUT2D eigenvalue weighted by Gasteiger charge is -2.38. The topological polar surface area (TPSA) is 84.7 Å². The number of amides is 2. The Kier molecular flexibility index (Phi) is 6.61. The van der Waals surface area contributed by atoms with Gasteiger partial charge in [0.05, 0.1) is 18.1 Å². The molecule has 0 saturated heterocycles. The smallest absolute Gasteiger partial charge is 0.407 e. The predicted octanol–water partition coefficient (Wildman–Crippen LogP) is 2.03. The third-order valence-electron chi connectivity index (χ3n) is 4.48. The number of benzene rings is 1. The third kappa shape index (κ3) is 4.96. The third-order valence-corrected chi connectivity index (χ3v) is 4.48. The van der Waals surface area contributed by atoms with Gasteiger partial charge in [-0.1, -0.05) is 43.2 Å². The van der Waals surface area contributed by atoms with Crippen LogP contribution in [0.5, 0.6) is 0 Å². The molecule has 0 radical (unpaired) electrons. The van der Waals surface area contributed by atoms with Gasteiger partial charge in [-0.25, -0.2) is 4.79 Å². The van der Waals surface area contributed by atoms with Gasteiger partial charge in [-0.15, -0.1) is 0 Å². The lowest BCUT2D eigenvalue weighted by molar-refractivity contribution is -0.134. The largest absolute Gasteiger partial charge is 0.445 e. The number of hydrogen-bond donors (Lipinski definition) is 2. The molecule has 1 aromatic carbocycles. The van der Waals surface area contributed by atoms with E-state index in [-0.39, 0.29) is 24.6 Å². The Balaban J connectivity index is 1.90. The summed E-state index contributed by atoms with van der Waals surface area (Å²) in [7, 11) is 1.76. The van der Waals surface area contributed by atoms with E-state index in [0.29, 0.717) is 0 Å². The number of likely N-dealkylation sites (N-methyl/N-ethyl adjacent to an activating group) is 1. The number of nitrogens with zero attached hydrogens (tertiary/aromatic N) is 1. The molecule has 1 aliphatic carbocycles. The van der Waals surface area contributed by atoms with Gasteiger partial charge < -0.3 is 20.7 Å². The van der Waals surface area contributed by atoms with Crippen LogP contribution in [0, 0.1) is 0 Å². The van der Waals surface area contributed by atoms with E-state index in [1.165, 1.54) is 0 Å². The Bertz CT molecular complexity index is 548. The van der Waals surface area contributed by atoms with Crippen LogP contribution in [0.25, 0.3) is 0 Å². The van der Waals surface area contributed by atoms with Crippen LogP contribution in [-0.2, 0) is 16.1 Å². The fraction of sp³-hybridized carbons (Fsp3) is 0.556. The number of nitrogens with two attached hydrogens (primary N) is 1. The monoisotopic (exact) mass is 333 g/mol. The van der Waals surface area contributed by atoms with Crippen LogP contribution in [-0.4, -0.2) is 42.1 Å². The van der Waals surface area contributed by atoms with Crippen LogP contribution in [0.2, 0.25) is 0 Å². The fourth-order valence-corrected chi connectivity index (χ4v) is 3.14. The first-order valence-electron chi connectivity index (χ1n) is 8.48. The zero-order valence-electron chi connectivity index (χ0n) is 14.4. The molecule has 132 valence electrons. The van der Waals surface area contributed by atoms with Crippen molar-refractivity contribution in [1.29, 1.82) is 0 Å². The molecule has 0 aromatic heterocycles. The quantitative estimate of drug-likeness (QED) is 0.863. The second-order valence-electron chi connectivity index (χ2n) is 6.40. The lowest BCUT2D eigenvalue weighted by atomic mass is 9.89. The van der Waals surface area contributed by atoms with Crippen LogP contribution in [0.1, 0.15) is 38.2 Å². The van der Waals surface area contributed by atoms with Crippen molar-refractivity contribution in [1.82, 2.24) is 10.2 Å². The standard InChI is InChI=1S/C18H27N3O3/c1-13(19)17(22)21(2)16-11-7-6-10-15(16)20-18(23)24-12-14-8-4-3-5-9-14/h3-5,8-9,13,15-16H,6-7,10-12,19H2,1-2H3,(H,20,23)/t13-,15+,16-/m0/s1. The summed E-state index contributed by atoms with van der Waals surface area (Å²) in [6, 6.07) is 8.86. The molecule has 1 aliphatic rings. The highest BCUT2D eigenvalue weighted by Crippen LogP contribution is 2.23. The van der Waals surface area contributed by atoms with Gasteiger partial charge in [-0.2, -0.15) is 0 Å². The molecule has 3 N–H and O–H groups in total. The first kappa shape index (κ1) is 18.3. The molecule has 3 atom stereocenters. The lowest BCUT2D eigenvalue weighted by Crippen LogP contribution is -2.56. The zero-order valence-corrected chi connectivity index (χ0v) is 14.4. The summed E-state index contributed by atoms with van der Waals surface area (Å²) < 4.78 is 5.29. The van der Waals surface area contributed by atoms with Crippen molar-refractivity contribution in [3.63, 3.8) is 0 Å². The van der Waals surface area contributed by atoms with Crippen molar-refractivity contribution in [2.24, 2.45) is 5.73 Å². The number of hydrogen-bond acceptors (Lipinski definition) is 4. The Hall–Kier alpha value is -2.08. The summed E-state index contributed by atoms with van der Waals surface area (Å²) in [6.07, 6.45) is 3.32. The Labute approximate surface area is 143 Å². The van der Waals surface area contributed by atoms with Crippen LogP contribution in [0.3, 0.4) is 0 Å². The number of carbonyl (C=O) groups excluding carboxylic acids is 2. The summed E-state index contributed by atoms with van der Waals surface area (Å²) in [6.45, 7) is 1.91. The Morgan fingerprint density at radius 2 is 1.96 bits per heavy atom. The minimum Gasteiger partial charge on any atom is -0.445 e. The number of nitrogens with one attached hydrogen (secondary N) is 1. The van der Waals surface area contributed by atoms with Gasteiger partial charge >= 0.3 is 6.09 Å². The van der Waals surface area contributed by atoms with E-state index in [2.05, 4.69) is 5.32 Å². The van der Waals surface area contributed by atoms with Crippen molar-refractivity contribution in [3.05, 3.63) is 35.9 Å². The van der Waals surface area contributed by atoms with Gasteiger partial charge in [0.1, 0.15) is 6.61 Å². The highest BCUT2D eigenvalue weighted by atomic mass is 16.5. The summed E-state index contributed by atoms with van der Waals surface area (Å²) >= 11 is 0. The van der Waals surface area contributed by atoms with Crippen LogP contribution < -0.4 is 11.1 Å². The molecular formula is C18H27N3O3. The molecule has 1 fully saturated rings. The average molecular weight is 333 g/mol. The van der Waals surface area contributed by atoms with E-state index < -0.39 is 12.1 Å². The first-order valence-corrected chi connectivity index (χ1v) is 8.48. The van der Waals surface area contributed by atoms with E-state index >= 15 is 0 Å². The molecule has 24 heavy (non-hydrogen) atoms. The summed E-state index contributed by atoms with van der Waals surface area (Å²) in [5, 5.41) is 2.92. The second-order valence-corrected chi connectivity index (χ2v) is 6.40. The van der Waals surface area contributed by atoms with E-state index in [9.17, 15) is 9.59 Å². The van der Waals surface area contributed by atoms with E-state index in [4.69, 9.17) is 10.5 Å². The van der Waals surface area contributed by atoms with Crippen molar-refractivity contribution in [3.8, 4) is 0 Å². The molecule has 1 aromatic rings. The van der Waals surface area contributed by atoms with Crippen molar-refractivity contribution in [2.45, 2.75) is 57.3 Å². The number of rotatable bonds is 5. The maximum Gasteiger partial charge on any atom is 0.407 e. The SMILES string of the molecule is C[C@H](N)C(=O)N(C)[C@H]1CCCC[C@H]1NC(=O)OCc1ccccc1. The maximum absolute atomic E-state index is 12.1. The fourth-order valence-electron chi connectivity index (χ4n) is 3.14. The van der Waals surface area contributed by atoms with Crippen molar-refractivity contribution in [2.75, 3.05) is 7.05 Å². The molecular weight excluding hydrogens is 306 g/mol. The number of ether oxygens (including phenoxy) is 1. The normalized spacial score (nSPS) is 21.6. The molecule has 0 bridgehead atoms. The van der Waals surface area contributed by atoms with Gasteiger partial charge in [0, 0.05) is 7.05 Å². The molecule has 2 amide bonds. The first-order chi connectivity index (χ1) is 11.5. The number of alkyl carbamates (subject to hydrolysis) is 1.